The van der Waals surface area contributed by atoms with Gasteiger partial charge in [0.05, 0.1) is 19.9 Å². The Balaban J connectivity index is 2.10. The topological polar surface area (TPSA) is 54.3 Å². The number of hydrogen-bond donors (Lipinski definition) is 2. The highest BCUT2D eigenvalue weighted by Crippen LogP contribution is 2.43. The van der Waals surface area contributed by atoms with Crippen LogP contribution in [0.25, 0.3) is 0 Å². The molecular weight excluding hydrogens is 264 g/mol. The zero-order chi connectivity index (χ0) is 15.0. The van der Waals surface area contributed by atoms with Crippen molar-refractivity contribution in [1.29, 1.82) is 5.41 Å². The number of fused-ring (bicyclic) bond motifs is 1. The Morgan fingerprint density at radius 3 is 2.24 bits per heavy atom. The Hall–Kier alpha value is -2.49. The SMILES string of the molecule is COc1cc2c(cc1OC)C(=N)C(C)(c1ccccc1)N2. The normalized spacial score (nSPS) is 19.9. The lowest BCUT2D eigenvalue weighted by molar-refractivity contribution is 0.355. The molecule has 0 aliphatic carbocycles. The summed E-state index contributed by atoms with van der Waals surface area (Å²) in [7, 11) is 3.22. The molecule has 0 bridgehead atoms. The molecule has 4 heteroatoms. The van der Waals surface area contributed by atoms with Gasteiger partial charge in [-0.2, -0.15) is 0 Å². The highest BCUT2D eigenvalue weighted by atomic mass is 16.5. The van der Waals surface area contributed by atoms with Gasteiger partial charge in [0, 0.05) is 17.3 Å². The molecule has 0 amide bonds. The van der Waals surface area contributed by atoms with E-state index in [9.17, 15) is 0 Å². The minimum atomic E-state index is -0.541. The maximum atomic E-state index is 8.56. The van der Waals surface area contributed by atoms with Crippen LogP contribution in [0.3, 0.4) is 0 Å². The number of anilines is 1. The third-order valence-electron chi connectivity index (χ3n) is 4.03. The zero-order valence-corrected chi connectivity index (χ0v) is 12.4. The van der Waals surface area contributed by atoms with E-state index in [2.05, 4.69) is 5.32 Å². The number of nitrogens with one attached hydrogen (secondary N) is 2. The summed E-state index contributed by atoms with van der Waals surface area (Å²) < 4.78 is 10.7. The van der Waals surface area contributed by atoms with E-state index < -0.39 is 5.54 Å². The third kappa shape index (κ3) is 1.95. The second kappa shape index (κ2) is 4.81. The number of hydrogen-bond acceptors (Lipinski definition) is 4. The molecule has 0 radical (unpaired) electrons. The molecule has 108 valence electrons. The summed E-state index contributed by atoms with van der Waals surface area (Å²) in [5.41, 5.74) is 2.79. The molecule has 1 heterocycles. The fourth-order valence-electron chi connectivity index (χ4n) is 2.78. The van der Waals surface area contributed by atoms with Crippen LogP contribution in [0.5, 0.6) is 11.5 Å². The van der Waals surface area contributed by atoms with E-state index in [1.807, 2.05) is 49.4 Å². The molecular formula is C17H18N2O2. The Morgan fingerprint density at radius 2 is 1.62 bits per heavy atom. The first kappa shape index (κ1) is 13.5. The first-order chi connectivity index (χ1) is 10.1. The van der Waals surface area contributed by atoms with Crippen LogP contribution in [-0.2, 0) is 5.54 Å². The largest absolute Gasteiger partial charge is 0.493 e. The Bertz CT molecular complexity index is 697. The standard InChI is InChI=1S/C17H18N2O2/c1-17(11-7-5-4-6-8-11)16(18)12-9-14(20-2)15(21-3)10-13(12)19-17/h4-10,18-19H,1-3H3. The summed E-state index contributed by atoms with van der Waals surface area (Å²) in [4.78, 5) is 0. The van der Waals surface area contributed by atoms with Crippen LogP contribution in [-0.4, -0.2) is 19.9 Å². The van der Waals surface area contributed by atoms with Gasteiger partial charge in [0.2, 0.25) is 0 Å². The van der Waals surface area contributed by atoms with Gasteiger partial charge in [-0.25, -0.2) is 0 Å². The van der Waals surface area contributed by atoms with E-state index >= 15 is 0 Å². The summed E-state index contributed by atoms with van der Waals surface area (Å²) in [6.45, 7) is 2.02. The van der Waals surface area contributed by atoms with Gasteiger partial charge in [-0.3, -0.25) is 0 Å². The van der Waals surface area contributed by atoms with Crippen LogP contribution in [0.1, 0.15) is 18.1 Å². The predicted molar refractivity (Wildman–Crippen MR) is 83.8 cm³/mol. The highest BCUT2D eigenvalue weighted by Gasteiger charge is 2.40. The van der Waals surface area contributed by atoms with Gasteiger partial charge in [0.1, 0.15) is 5.54 Å². The fraction of sp³-hybridized carbons (Fsp3) is 0.235. The first-order valence-electron chi connectivity index (χ1n) is 6.79. The predicted octanol–water partition coefficient (Wildman–Crippen LogP) is 3.41. The molecule has 0 spiro atoms. The van der Waals surface area contributed by atoms with Crippen LogP contribution in [0.2, 0.25) is 0 Å². The van der Waals surface area contributed by atoms with E-state index in [4.69, 9.17) is 14.9 Å². The monoisotopic (exact) mass is 282 g/mol. The molecule has 1 aliphatic heterocycles. The van der Waals surface area contributed by atoms with Crippen LogP contribution in [0, 0.1) is 5.41 Å². The average molecular weight is 282 g/mol. The summed E-state index contributed by atoms with van der Waals surface area (Å²) in [6, 6.07) is 13.8. The van der Waals surface area contributed by atoms with E-state index in [1.165, 1.54) is 0 Å². The molecule has 2 aromatic carbocycles. The number of ether oxygens (including phenoxy) is 2. The Kier molecular flexibility index (Phi) is 3.09. The highest BCUT2D eigenvalue weighted by molar-refractivity contribution is 6.15. The molecule has 0 fully saturated rings. The second-order valence-corrected chi connectivity index (χ2v) is 5.24. The van der Waals surface area contributed by atoms with E-state index in [0.29, 0.717) is 17.2 Å². The summed E-state index contributed by atoms with van der Waals surface area (Å²) in [5, 5.41) is 12.0. The zero-order valence-electron chi connectivity index (χ0n) is 12.4. The van der Waals surface area contributed by atoms with Gasteiger partial charge in [0.25, 0.3) is 0 Å². The lowest BCUT2D eigenvalue weighted by Gasteiger charge is -2.26. The maximum Gasteiger partial charge on any atom is 0.162 e. The van der Waals surface area contributed by atoms with Crippen molar-refractivity contribution in [2.75, 3.05) is 19.5 Å². The van der Waals surface area contributed by atoms with Crippen LogP contribution in [0.4, 0.5) is 5.69 Å². The first-order valence-corrected chi connectivity index (χ1v) is 6.79. The minimum absolute atomic E-state index is 0.532. The number of benzene rings is 2. The smallest absolute Gasteiger partial charge is 0.162 e. The van der Waals surface area contributed by atoms with Crippen LogP contribution < -0.4 is 14.8 Å². The van der Waals surface area contributed by atoms with Gasteiger partial charge in [-0.15, -0.1) is 0 Å². The Labute approximate surface area is 124 Å². The lowest BCUT2D eigenvalue weighted by atomic mass is 9.87. The summed E-state index contributed by atoms with van der Waals surface area (Å²) in [5.74, 6) is 1.30. The molecule has 3 rings (SSSR count). The van der Waals surface area contributed by atoms with E-state index in [-0.39, 0.29) is 0 Å². The average Bonchev–Trinajstić information content (AvgIpc) is 2.79. The van der Waals surface area contributed by atoms with Gasteiger partial charge in [-0.1, -0.05) is 30.3 Å². The van der Waals surface area contributed by atoms with Crippen molar-refractivity contribution in [2.45, 2.75) is 12.5 Å². The van der Waals surface area contributed by atoms with Gasteiger partial charge >= 0.3 is 0 Å². The molecule has 0 saturated carbocycles. The van der Waals surface area contributed by atoms with E-state index in [0.717, 1.165) is 16.8 Å². The molecule has 1 aliphatic rings. The molecule has 0 saturated heterocycles. The Morgan fingerprint density at radius 1 is 1.00 bits per heavy atom. The van der Waals surface area contributed by atoms with Gasteiger partial charge in [0.15, 0.2) is 11.5 Å². The second-order valence-electron chi connectivity index (χ2n) is 5.24. The number of methoxy groups -OCH3 is 2. The molecule has 4 nitrogen and oxygen atoms in total. The molecule has 21 heavy (non-hydrogen) atoms. The lowest BCUT2D eigenvalue weighted by Crippen LogP contribution is -2.34. The van der Waals surface area contributed by atoms with Crippen LogP contribution >= 0.6 is 0 Å². The molecule has 0 aromatic heterocycles. The fourth-order valence-corrected chi connectivity index (χ4v) is 2.78. The molecule has 1 unspecified atom stereocenters. The van der Waals surface area contributed by atoms with Crippen molar-refractivity contribution < 1.29 is 9.47 Å². The van der Waals surface area contributed by atoms with Gasteiger partial charge in [-0.05, 0) is 18.6 Å². The number of rotatable bonds is 3. The molecule has 2 N–H and O–H groups in total. The van der Waals surface area contributed by atoms with Crippen molar-refractivity contribution in [3.8, 4) is 11.5 Å². The third-order valence-corrected chi connectivity index (χ3v) is 4.03. The summed E-state index contributed by atoms with van der Waals surface area (Å²) >= 11 is 0. The van der Waals surface area contributed by atoms with Crippen molar-refractivity contribution in [3.63, 3.8) is 0 Å². The molecule has 2 aromatic rings. The molecule has 1 atom stereocenters. The van der Waals surface area contributed by atoms with Crippen molar-refractivity contribution in [1.82, 2.24) is 0 Å². The minimum Gasteiger partial charge on any atom is -0.493 e. The quantitative estimate of drug-likeness (QED) is 0.907. The maximum absolute atomic E-state index is 8.56. The van der Waals surface area contributed by atoms with Gasteiger partial charge < -0.3 is 20.2 Å². The van der Waals surface area contributed by atoms with Crippen LogP contribution in [0.15, 0.2) is 42.5 Å². The summed E-state index contributed by atoms with van der Waals surface area (Å²) in [6.07, 6.45) is 0. The van der Waals surface area contributed by atoms with Crippen molar-refractivity contribution >= 4 is 11.4 Å². The van der Waals surface area contributed by atoms with Crippen molar-refractivity contribution in [3.05, 3.63) is 53.6 Å². The van der Waals surface area contributed by atoms with E-state index in [1.54, 1.807) is 14.2 Å². The van der Waals surface area contributed by atoms with Crippen molar-refractivity contribution in [2.24, 2.45) is 0 Å².